The third-order valence-corrected chi connectivity index (χ3v) is 3.51. The Morgan fingerprint density at radius 2 is 2.11 bits per heavy atom. The number of nitrogens with zero attached hydrogens (tertiary/aromatic N) is 1. The van der Waals surface area contributed by atoms with E-state index in [-0.39, 0.29) is 24.7 Å². The number of carbonyl (C=O) groups is 1. The molecular formula is C15H21NO3. The molecule has 104 valence electrons. The molecular weight excluding hydrogens is 242 g/mol. The predicted molar refractivity (Wildman–Crippen MR) is 72.9 cm³/mol. The first kappa shape index (κ1) is 14.0. The molecule has 4 nitrogen and oxygen atoms in total. The van der Waals surface area contributed by atoms with Gasteiger partial charge in [-0.1, -0.05) is 29.8 Å². The zero-order valence-corrected chi connectivity index (χ0v) is 11.5. The highest BCUT2D eigenvalue weighted by Gasteiger charge is 2.28. The standard InChI is InChI=1S/C15H21NO3/c1-11-3-5-13(6-4-11)7-15(18)16-8-14(9-17)19-10-12(16)2/h3-6,12,14,17H,7-10H2,1-2H3. The van der Waals surface area contributed by atoms with Gasteiger partial charge in [0.15, 0.2) is 0 Å². The minimum Gasteiger partial charge on any atom is -0.394 e. The second-order valence-corrected chi connectivity index (χ2v) is 5.20. The first-order valence-corrected chi connectivity index (χ1v) is 6.67. The topological polar surface area (TPSA) is 49.8 Å². The number of rotatable bonds is 3. The maximum absolute atomic E-state index is 12.3. The molecule has 0 spiro atoms. The van der Waals surface area contributed by atoms with Crippen LogP contribution in [0.3, 0.4) is 0 Å². The molecule has 19 heavy (non-hydrogen) atoms. The zero-order valence-electron chi connectivity index (χ0n) is 11.5. The number of aryl methyl sites for hydroxylation is 1. The van der Waals surface area contributed by atoms with Crippen molar-refractivity contribution >= 4 is 5.91 Å². The second-order valence-electron chi connectivity index (χ2n) is 5.20. The summed E-state index contributed by atoms with van der Waals surface area (Å²) in [5, 5.41) is 9.13. The number of aliphatic hydroxyl groups excluding tert-OH is 1. The average Bonchev–Trinajstić information content (AvgIpc) is 2.42. The molecule has 1 saturated heterocycles. The number of morpholine rings is 1. The number of amides is 1. The summed E-state index contributed by atoms with van der Waals surface area (Å²) in [5.74, 6) is 0.0955. The van der Waals surface area contributed by atoms with E-state index in [0.717, 1.165) is 5.56 Å². The predicted octanol–water partition coefficient (Wildman–Crippen LogP) is 1.15. The molecule has 1 heterocycles. The van der Waals surface area contributed by atoms with Gasteiger partial charge >= 0.3 is 0 Å². The minimum atomic E-state index is -0.252. The van der Waals surface area contributed by atoms with Gasteiger partial charge in [0.25, 0.3) is 0 Å². The molecule has 1 N–H and O–H groups in total. The molecule has 2 unspecified atom stereocenters. The van der Waals surface area contributed by atoms with Gasteiger partial charge in [0.1, 0.15) is 0 Å². The molecule has 0 aromatic heterocycles. The fourth-order valence-electron chi connectivity index (χ4n) is 2.26. The molecule has 1 amide bonds. The molecule has 2 atom stereocenters. The van der Waals surface area contributed by atoms with Crippen molar-refractivity contribution < 1.29 is 14.6 Å². The molecule has 4 heteroatoms. The molecule has 0 bridgehead atoms. The van der Waals surface area contributed by atoms with E-state index in [2.05, 4.69) is 0 Å². The van der Waals surface area contributed by atoms with E-state index >= 15 is 0 Å². The summed E-state index contributed by atoms with van der Waals surface area (Å²) in [4.78, 5) is 14.1. The summed E-state index contributed by atoms with van der Waals surface area (Å²) in [6.45, 7) is 4.93. The first-order chi connectivity index (χ1) is 9.10. The van der Waals surface area contributed by atoms with Crippen molar-refractivity contribution in [2.24, 2.45) is 0 Å². The van der Waals surface area contributed by atoms with Crippen LogP contribution in [0.15, 0.2) is 24.3 Å². The van der Waals surface area contributed by atoms with Gasteiger partial charge in [0.05, 0.1) is 31.8 Å². The first-order valence-electron chi connectivity index (χ1n) is 6.67. The van der Waals surface area contributed by atoms with E-state index in [1.54, 1.807) is 0 Å². The van der Waals surface area contributed by atoms with Crippen LogP contribution in [-0.2, 0) is 16.0 Å². The normalized spacial score (nSPS) is 23.4. The van der Waals surface area contributed by atoms with Crippen molar-refractivity contribution in [2.45, 2.75) is 32.4 Å². The maximum atomic E-state index is 12.3. The lowest BCUT2D eigenvalue weighted by molar-refractivity contribution is -0.145. The van der Waals surface area contributed by atoms with Gasteiger partial charge in [-0.3, -0.25) is 4.79 Å². The van der Waals surface area contributed by atoms with Crippen LogP contribution in [0.1, 0.15) is 18.1 Å². The van der Waals surface area contributed by atoms with Gasteiger partial charge in [0, 0.05) is 6.54 Å². The zero-order chi connectivity index (χ0) is 13.8. The lowest BCUT2D eigenvalue weighted by Gasteiger charge is -2.37. The van der Waals surface area contributed by atoms with Crippen LogP contribution in [0.25, 0.3) is 0 Å². The van der Waals surface area contributed by atoms with Gasteiger partial charge < -0.3 is 14.7 Å². The highest BCUT2D eigenvalue weighted by Crippen LogP contribution is 2.14. The summed E-state index contributed by atoms with van der Waals surface area (Å²) in [6.07, 6.45) is 0.154. The van der Waals surface area contributed by atoms with Crippen molar-refractivity contribution in [3.8, 4) is 0 Å². The Labute approximate surface area is 114 Å². The van der Waals surface area contributed by atoms with Crippen molar-refractivity contribution in [1.82, 2.24) is 4.90 Å². The Morgan fingerprint density at radius 1 is 1.42 bits per heavy atom. The van der Waals surface area contributed by atoms with Crippen molar-refractivity contribution in [2.75, 3.05) is 19.8 Å². The molecule has 0 radical (unpaired) electrons. The number of aliphatic hydroxyl groups is 1. The monoisotopic (exact) mass is 263 g/mol. The van der Waals surface area contributed by atoms with Gasteiger partial charge in [0.2, 0.25) is 5.91 Å². The molecule has 1 aliphatic heterocycles. The van der Waals surface area contributed by atoms with Crippen LogP contribution in [0, 0.1) is 6.92 Å². The van der Waals surface area contributed by atoms with Crippen LogP contribution < -0.4 is 0 Å². The Balaban J connectivity index is 2.00. The van der Waals surface area contributed by atoms with E-state index in [1.165, 1.54) is 5.56 Å². The van der Waals surface area contributed by atoms with E-state index in [9.17, 15) is 4.79 Å². The number of ether oxygens (including phenoxy) is 1. The molecule has 1 fully saturated rings. The molecule has 1 aromatic carbocycles. The average molecular weight is 263 g/mol. The van der Waals surface area contributed by atoms with E-state index < -0.39 is 0 Å². The highest BCUT2D eigenvalue weighted by molar-refractivity contribution is 5.79. The lowest BCUT2D eigenvalue weighted by Crippen LogP contribution is -2.52. The lowest BCUT2D eigenvalue weighted by atomic mass is 10.1. The number of carbonyl (C=O) groups excluding carboxylic acids is 1. The summed E-state index contributed by atoms with van der Waals surface area (Å²) >= 11 is 0. The minimum absolute atomic E-state index is 0.0406. The maximum Gasteiger partial charge on any atom is 0.227 e. The third-order valence-electron chi connectivity index (χ3n) is 3.51. The van der Waals surface area contributed by atoms with Gasteiger partial charge in [-0.25, -0.2) is 0 Å². The fourth-order valence-corrected chi connectivity index (χ4v) is 2.26. The quantitative estimate of drug-likeness (QED) is 0.890. The SMILES string of the molecule is Cc1ccc(CC(=O)N2CC(CO)OCC2C)cc1. The summed E-state index contributed by atoms with van der Waals surface area (Å²) in [7, 11) is 0. The Kier molecular flexibility index (Phi) is 4.56. The van der Waals surface area contributed by atoms with Gasteiger partial charge in [-0.05, 0) is 19.4 Å². The molecule has 0 aliphatic carbocycles. The van der Waals surface area contributed by atoms with E-state index in [4.69, 9.17) is 9.84 Å². The Hall–Kier alpha value is -1.39. The Bertz CT molecular complexity index is 430. The van der Waals surface area contributed by atoms with Crippen molar-refractivity contribution in [1.29, 1.82) is 0 Å². The van der Waals surface area contributed by atoms with Crippen LogP contribution >= 0.6 is 0 Å². The molecule has 0 saturated carbocycles. The molecule has 1 aliphatic rings. The number of hydrogen-bond acceptors (Lipinski definition) is 3. The van der Waals surface area contributed by atoms with Crippen molar-refractivity contribution in [3.05, 3.63) is 35.4 Å². The fraction of sp³-hybridized carbons (Fsp3) is 0.533. The van der Waals surface area contributed by atoms with Crippen LogP contribution in [0.4, 0.5) is 0 Å². The van der Waals surface area contributed by atoms with Crippen LogP contribution in [0.5, 0.6) is 0 Å². The molecule has 1 aromatic rings. The van der Waals surface area contributed by atoms with E-state index in [0.29, 0.717) is 19.6 Å². The van der Waals surface area contributed by atoms with Crippen molar-refractivity contribution in [3.63, 3.8) is 0 Å². The van der Waals surface area contributed by atoms with E-state index in [1.807, 2.05) is 43.0 Å². The smallest absolute Gasteiger partial charge is 0.227 e. The summed E-state index contributed by atoms with van der Waals surface area (Å²) < 4.78 is 5.44. The highest BCUT2D eigenvalue weighted by atomic mass is 16.5. The molecule has 2 rings (SSSR count). The Morgan fingerprint density at radius 3 is 2.74 bits per heavy atom. The van der Waals surface area contributed by atoms with Gasteiger partial charge in [-0.2, -0.15) is 0 Å². The summed E-state index contributed by atoms with van der Waals surface area (Å²) in [5.41, 5.74) is 2.21. The largest absolute Gasteiger partial charge is 0.394 e. The summed E-state index contributed by atoms with van der Waals surface area (Å²) in [6, 6.07) is 8.08. The number of benzene rings is 1. The number of hydrogen-bond donors (Lipinski definition) is 1. The van der Waals surface area contributed by atoms with Gasteiger partial charge in [-0.15, -0.1) is 0 Å². The van der Waals surface area contributed by atoms with Crippen LogP contribution in [-0.4, -0.2) is 47.8 Å². The van der Waals surface area contributed by atoms with Crippen LogP contribution in [0.2, 0.25) is 0 Å². The second kappa shape index (κ2) is 6.17. The third kappa shape index (κ3) is 3.55.